The van der Waals surface area contributed by atoms with E-state index in [-0.39, 0.29) is 22.5 Å². The minimum absolute atomic E-state index is 0.177. The summed E-state index contributed by atoms with van der Waals surface area (Å²) in [5.74, 6) is -1.56. The Morgan fingerprint density at radius 3 is 1.55 bits per heavy atom. The summed E-state index contributed by atoms with van der Waals surface area (Å²) in [6, 6.07) is 11.6. The number of amides is 2. The van der Waals surface area contributed by atoms with Crippen LogP contribution in [0.4, 0.5) is 11.4 Å². The van der Waals surface area contributed by atoms with E-state index in [1.54, 1.807) is 12.1 Å². The zero-order valence-corrected chi connectivity index (χ0v) is 14.7. The monoisotopic (exact) mass is 398 g/mol. The number of hydrogen-bond acceptors (Lipinski definition) is 8. The second-order valence-corrected chi connectivity index (χ2v) is 5.39. The van der Waals surface area contributed by atoms with Gasteiger partial charge in [-0.05, 0) is 12.1 Å². The first-order valence-electron chi connectivity index (χ1n) is 7.99. The van der Waals surface area contributed by atoms with Gasteiger partial charge < -0.3 is 0 Å². The van der Waals surface area contributed by atoms with Crippen LogP contribution in [0.3, 0.4) is 0 Å². The first kappa shape index (κ1) is 20.8. The number of benzene rings is 2. The van der Waals surface area contributed by atoms with Gasteiger partial charge in [0.25, 0.3) is 11.4 Å². The molecular weight excluding hydrogens is 384 g/mol. The summed E-state index contributed by atoms with van der Waals surface area (Å²) in [4.78, 5) is 43.9. The Morgan fingerprint density at radius 2 is 1.17 bits per heavy atom. The average Bonchev–Trinajstić information content (AvgIpc) is 2.68. The third-order valence-electron chi connectivity index (χ3n) is 3.37. The van der Waals surface area contributed by atoms with Crippen molar-refractivity contribution < 1.29 is 19.4 Å². The summed E-state index contributed by atoms with van der Waals surface area (Å²) in [7, 11) is 0. The lowest BCUT2D eigenvalue weighted by Crippen LogP contribution is -2.27. The molecule has 2 amide bonds. The maximum atomic E-state index is 11.7. The lowest BCUT2D eigenvalue weighted by molar-refractivity contribution is -0.385. The molecule has 0 atom stereocenters. The van der Waals surface area contributed by atoms with Crippen LogP contribution in [0.2, 0.25) is 0 Å². The molecule has 0 aliphatic heterocycles. The highest BCUT2D eigenvalue weighted by molar-refractivity contribution is 5.97. The number of nitro benzene ring substituents is 2. The van der Waals surface area contributed by atoms with Crippen molar-refractivity contribution in [2.75, 3.05) is 0 Å². The second kappa shape index (κ2) is 10.0. The van der Waals surface area contributed by atoms with Gasteiger partial charge in [0.2, 0.25) is 11.8 Å². The molecule has 2 aromatic carbocycles. The number of nitrogens with one attached hydrogen (secondary N) is 2. The molecule has 2 N–H and O–H groups in total. The fraction of sp³-hybridized carbons (Fsp3) is 0.0588. The summed E-state index contributed by atoms with van der Waals surface area (Å²) in [6.45, 7) is 0. The van der Waals surface area contributed by atoms with Crippen LogP contribution in [-0.4, -0.2) is 34.1 Å². The minimum atomic E-state index is -0.779. The molecule has 0 saturated heterocycles. The Hall–Kier alpha value is -4.48. The van der Waals surface area contributed by atoms with E-state index in [1.807, 2.05) is 0 Å². The first-order chi connectivity index (χ1) is 13.9. The molecule has 0 saturated carbocycles. The molecule has 0 fully saturated rings. The van der Waals surface area contributed by atoms with Crippen LogP contribution in [0.15, 0.2) is 58.7 Å². The van der Waals surface area contributed by atoms with E-state index in [4.69, 9.17) is 0 Å². The smallest absolute Gasteiger partial charge is 0.273 e. The van der Waals surface area contributed by atoms with E-state index >= 15 is 0 Å². The van der Waals surface area contributed by atoms with E-state index in [9.17, 15) is 29.8 Å². The second-order valence-electron chi connectivity index (χ2n) is 5.39. The van der Waals surface area contributed by atoms with E-state index in [0.29, 0.717) is 0 Å². The summed E-state index contributed by atoms with van der Waals surface area (Å²) in [5.41, 5.74) is 4.11. The van der Waals surface area contributed by atoms with Gasteiger partial charge in [-0.3, -0.25) is 29.8 Å². The van der Waals surface area contributed by atoms with Crippen molar-refractivity contribution in [1.82, 2.24) is 10.9 Å². The highest BCUT2D eigenvalue weighted by Crippen LogP contribution is 2.15. The topological polar surface area (TPSA) is 169 Å². The lowest BCUT2D eigenvalue weighted by Gasteiger charge is -2.00. The number of carbonyl (C=O) groups is 2. The molecule has 0 spiro atoms. The molecule has 12 nitrogen and oxygen atoms in total. The zero-order chi connectivity index (χ0) is 21.2. The standard InChI is InChI=1S/C17H14N6O6/c24-16(20-18-10-12-5-1-3-7-14(12)22(26)27)9-17(25)21-19-11-13-6-2-4-8-15(13)23(28)29/h1-8,10-11H,9H2,(H,20,24)(H,21,25). The highest BCUT2D eigenvalue weighted by Gasteiger charge is 2.12. The maximum Gasteiger partial charge on any atom is 0.278 e. The van der Waals surface area contributed by atoms with Crippen LogP contribution in [0.5, 0.6) is 0 Å². The molecule has 29 heavy (non-hydrogen) atoms. The van der Waals surface area contributed by atoms with Crippen LogP contribution in [0, 0.1) is 20.2 Å². The van der Waals surface area contributed by atoms with Gasteiger partial charge in [-0.15, -0.1) is 0 Å². The number of hydrogen-bond donors (Lipinski definition) is 2. The van der Waals surface area contributed by atoms with Gasteiger partial charge in [0.15, 0.2) is 0 Å². The van der Waals surface area contributed by atoms with Crippen LogP contribution in [0.1, 0.15) is 17.5 Å². The molecule has 2 rings (SSSR count). The summed E-state index contributed by atoms with van der Waals surface area (Å²) in [5, 5.41) is 28.9. The van der Waals surface area contributed by atoms with Gasteiger partial charge >= 0.3 is 0 Å². The van der Waals surface area contributed by atoms with Crippen LogP contribution < -0.4 is 10.9 Å². The molecule has 0 bridgehead atoms. The van der Waals surface area contributed by atoms with E-state index < -0.39 is 28.1 Å². The van der Waals surface area contributed by atoms with Crippen molar-refractivity contribution in [1.29, 1.82) is 0 Å². The molecule has 0 unspecified atom stereocenters. The summed E-state index contributed by atoms with van der Waals surface area (Å²) in [6.07, 6.45) is 1.55. The van der Waals surface area contributed by atoms with Crippen LogP contribution >= 0.6 is 0 Å². The van der Waals surface area contributed by atoms with Crippen molar-refractivity contribution in [2.24, 2.45) is 10.2 Å². The quantitative estimate of drug-likeness (QED) is 0.295. The van der Waals surface area contributed by atoms with Crippen molar-refractivity contribution in [3.8, 4) is 0 Å². The number of hydrazone groups is 2. The van der Waals surface area contributed by atoms with Gasteiger partial charge in [-0.2, -0.15) is 10.2 Å². The lowest BCUT2D eigenvalue weighted by atomic mass is 10.2. The van der Waals surface area contributed by atoms with Gasteiger partial charge in [-0.1, -0.05) is 24.3 Å². The van der Waals surface area contributed by atoms with Gasteiger partial charge in [-0.25, -0.2) is 10.9 Å². The maximum absolute atomic E-state index is 11.7. The zero-order valence-electron chi connectivity index (χ0n) is 14.7. The number of para-hydroxylation sites is 2. The molecule has 0 aliphatic carbocycles. The van der Waals surface area contributed by atoms with Crippen molar-refractivity contribution in [3.05, 3.63) is 79.9 Å². The van der Waals surface area contributed by atoms with Gasteiger partial charge in [0.1, 0.15) is 6.42 Å². The Bertz CT molecular complexity index is 924. The Morgan fingerprint density at radius 1 is 0.793 bits per heavy atom. The molecule has 0 aromatic heterocycles. The molecule has 12 heteroatoms. The normalized spacial score (nSPS) is 10.8. The van der Waals surface area contributed by atoms with E-state index in [1.165, 1.54) is 36.4 Å². The molecule has 148 valence electrons. The number of nitrogens with zero attached hydrogens (tertiary/aromatic N) is 4. The van der Waals surface area contributed by atoms with Crippen molar-refractivity contribution >= 4 is 35.6 Å². The largest absolute Gasteiger partial charge is 0.278 e. The van der Waals surface area contributed by atoms with E-state index in [2.05, 4.69) is 21.1 Å². The number of rotatable bonds is 8. The van der Waals surface area contributed by atoms with Crippen molar-refractivity contribution in [2.45, 2.75) is 6.42 Å². The van der Waals surface area contributed by atoms with Crippen molar-refractivity contribution in [3.63, 3.8) is 0 Å². The minimum Gasteiger partial charge on any atom is -0.273 e. The molecule has 2 aromatic rings. The Balaban J connectivity index is 1.86. The molecular formula is C17H14N6O6. The van der Waals surface area contributed by atoms with Gasteiger partial charge in [0.05, 0.1) is 33.4 Å². The Kier molecular flexibility index (Phi) is 7.19. The van der Waals surface area contributed by atoms with Crippen LogP contribution in [-0.2, 0) is 9.59 Å². The molecule has 0 radical (unpaired) electrons. The van der Waals surface area contributed by atoms with Crippen LogP contribution in [0.25, 0.3) is 0 Å². The van der Waals surface area contributed by atoms with Gasteiger partial charge in [0, 0.05) is 12.1 Å². The number of carbonyl (C=O) groups excluding carboxylic acids is 2. The average molecular weight is 398 g/mol. The third kappa shape index (κ3) is 6.32. The molecule has 0 aliphatic rings. The Labute approximate surface area is 163 Å². The first-order valence-corrected chi connectivity index (χ1v) is 7.99. The predicted octanol–water partition coefficient (Wildman–Crippen LogP) is 1.49. The summed E-state index contributed by atoms with van der Waals surface area (Å²) >= 11 is 0. The number of nitro groups is 2. The fourth-order valence-corrected chi connectivity index (χ4v) is 2.10. The SMILES string of the molecule is O=C(CC(=O)NN=Cc1ccccc1[N+](=O)[O-])NN=Cc1ccccc1[N+](=O)[O-]. The van der Waals surface area contributed by atoms with E-state index in [0.717, 1.165) is 12.4 Å². The summed E-state index contributed by atoms with van der Waals surface area (Å²) < 4.78 is 0. The highest BCUT2D eigenvalue weighted by atomic mass is 16.6. The third-order valence-corrected chi connectivity index (χ3v) is 3.37. The fourth-order valence-electron chi connectivity index (χ4n) is 2.10. The molecule has 0 heterocycles. The predicted molar refractivity (Wildman–Crippen MR) is 102 cm³/mol.